The first-order valence-electron chi connectivity index (χ1n) is 5.72. The van der Waals surface area contributed by atoms with Crippen LogP contribution in [-0.2, 0) is 24.0 Å². The van der Waals surface area contributed by atoms with E-state index < -0.39 is 11.5 Å². The highest BCUT2D eigenvalue weighted by Crippen LogP contribution is 2.21. The van der Waals surface area contributed by atoms with Gasteiger partial charge in [-0.3, -0.25) is 4.79 Å². The summed E-state index contributed by atoms with van der Waals surface area (Å²) in [6.07, 6.45) is 0.312. The van der Waals surface area contributed by atoms with Gasteiger partial charge in [-0.1, -0.05) is 13.5 Å². The molecule has 0 aromatic carbocycles. The van der Waals surface area contributed by atoms with Crippen molar-refractivity contribution in [2.24, 2.45) is 5.41 Å². The molecule has 98 valence electrons. The highest BCUT2D eigenvalue weighted by molar-refractivity contribution is 5.75. The first-order valence-corrected chi connectivity index (χ1v) is 5.72. The molecule has 0 saturated carbocycles. The molecule has 0 aromatic rings. The third-order valence-electron chi connectivity index (χ3n) is 2.73. The van der Waals surface area contributed by atoms with E-state index in [4.69, 9.17) is 19.2 Å². The zero-order chi connectivity index (χ0) is 12.9. The summed E-state index contributed by atoms with van der Waals surface area (Å²) in [7, 11) is 0. The van der Waals surface area contributed by atoms with Gasteiger partial charge >= 0.3 is 5.97 Å². The molecule has 1 fully saturated rings. The van der Waals surface area contributed by atoms with Crippen LogP contribution in [-0.4, -0.2) is 31.9 Å². The number of rotatable bonds is 4. The van der Waals surface area contributed by atoms with E-state index in [0.717, 1.165) is 6.42 Å². The Morgan fingerprint density at radius 2 is 2.29 bits per heavy atom. The van der Waals surface area contributed by atoms with E-state index in [0.29, 0.717) is 5.76 Å². The quantitative estimate of drug-likeness (QED) is 0.558. The fourth-order valence-electron chi connectivity index (χ4n) is 1.06. The minimum atomic E-state index is -0.476. The average molecular weight is 244 g/mol. The summed E-state index contributed by atoms with van der Waals surface area (Å²) in [4.78, 5) is 21.6. The maximum Gasteiger partial charge on any atom is 0.311 e. The highest BCUT2D eigenvalue weighted by Gasteiger charge is 2.28. The molecule has 0 bridgehead atoms. The molecule has 0 amide bonds. The van der Waals surface area contributed by atoms with Crippen LogP contribution >= 0.6 is 0 Å². The molecule has 1 rings (SSSR count). The second kappa shape index (κ2) is 6.02. The van der Waals surface area contributed by atoms with Crippen LogP contribution in [0.25, 0.3) is 0 Å². The van der Waals surface area contributed by atoms with E-state index in [1.807, 2.05) is 20.8 Å². The summed E-state index contributed by atoms with van der Waals surface area (Å²) in [5, 5.41) is 0. The molecule has 1 aliphatic rings. The average Bonchev–Trinajstić information content (AvgIpc) is 2.51. The number of hydrogen-bond acceptors (Lipinski definition) is 5. The van der Waals surface area contributed by atoms with Crippen LogP contribution < -0.4 is 0 Å². The van der Waals surface area contributed by atoms with Gasteiger partial charge in [0.25, 0.3) is 0 Å². The molecular formula is C12H20O5. The second-order valence-corrected chi connectivity index (χ2v) is 4.67. The molecular weight excluding hydrogens is 224 g/mol. The van der Waals surface area contributed by atoms with Gasteiger partial charge in [0.1, 0.15) is 25.6 Å². The van der Waals surface area contributed by atoms with E-state index in [9.17, 15) is 4.79 Å². The lowest BCUT2D eigenvalue weighted by Gasteiger charge is -2.21. The Kier molecular flexibility index (Phi) is 4.96. The maximum atomic E-state index is 11.7. The van der Waals surface area contributed by atoms with Crippen LogP contribution in [0.5, 0.6) is 0 Å². The fourth-order valence-corrected chi connectivity index (χ4v) is 1.06. The lowest BCUT2D eigenvalue weighted by atomic mass is 9.91. The van der Waals surface area contributed by atoms with Crippen molar-refractivity contribution in [1.82, 2.24) is 0 Å². The molecule has 0 radical (unpaired) electrons. The predicted molar refractivity (Wildman–Crippen MR) is 60.9 cm³/mol. The number of carbonyl (C=O) groups is 1. The highest BCUT2D eigenvalue weighted by atomic mass is 17.2. The van der Waals surface area contributed by atoms with Gasteiger partial charge in [0.15, 0.2) is 6.10 Å². The lowest BCUT2D eigenvalue weighted by Crippen LogP contribution is -2.31. The fraction of sp³-hybridized carbons (Fsp3) is 0.750. The lowest BCUT2D eigenvalue weighted by molar-refractivity contribution is -0.317. The molecule has 5 nitrogen and oxygen atoms in total. The second-order valence-electron chi connectivity index (χ2n) is 4.67. The summed E-state index contributed by atoms with van der Waals surface area (Å²) >= 11 is 0. The van der Waals surface area contributed by atoms with Crippen LogP contribution in [0, 0.1) is 5.41 Å². The standard InChI is InChI=1S/C12H20O5/c1-5-12(3,4)11(13)15-8-10-7-14-9(2)6-16-17-10/h10H,2,5-8H2,1,3-4H3. The van der Waals surface area contributed by atoms with Crippen molar-refractivity contribution in [3.63, 3.8) is 0 Å². The Morgan fingerprint density at radius 3 is 2.94 bits per heavy atom. The molecule has 0 aromatic heterocycles. The summed E-state index contributed by atoms with van der Waals surface area (Å²) in [5.41, 5.74) is -0.476. The molecule has 1 aliphatic heterocycles. The van der Waals surface area contributed by atoms with Gasteiger partial charge < -0.3 is 9.47 Å². The smallest absolute Gasteiger partial charge is 0.311 e. The molecule has 1 atom stereocenters. The zero-order valence-electron chi connectivity index (χ0n) is 10.7. The third-order valence-corrected chi connectivity index (χ3v) is 2.73. The largest absolute Gasteiger partial charge is 0.493 e. The number of hydrogen-bond donors (Lipinski definition) is 0. The van der Waals surface area contributed by atoms with Crippen molar-refractivity contribution in [2.75, 3.05) is 19.8 Å². The number of esters is 1. The summed E-state index contributed by atoms with van der Waals surface area (Å²) < 4.78 is 10.4. The minimum Gasteiger partial charge on any atom is -0.493 e. The molecule has 17 heavy (non-hydrogen) atoms. The topological polar surface area (TPSA) is 54.0 Å². The van der Waals surface area contributed by atoms with Crippen molar-refractivity contribution in [1.29, 1.82) is 0 Å². The van der Waals surface area contributed by atoms with Gasteiger partial charge in [0, 0.05) is 0 Å². The van der Waals surface area contributed by atoms with Crippen LogP contribution in [0.3, 0.4) is 0 Å². The van der Waals surface area contributed by atoms with Crippen LogP contribution in [0.2, 0.25) is 0 Å². The van der Waals surface area contributed by atoms with E-state index in [2.05, 4.69) is 6.58 Å². The van der Waals surface area contributed by atoms with Gasteiger partial charge in [-0.15, -0.1) is 0 Å². The molecule has 1 saturated heterocycles. The predicted octanol–water partition coefficient (Wildman–Crippen LogP) is 1.83. The normalized spacial score (nSPS) is 21.6. The van der Waals surface area contributed by atoms with E-state index in [1.54, 1.807) is 0 Å². The van der Waals surface area contributed by atoms with Crippen LogP contribution in [0.1, 0.15) is 27.2 Å². The number of carbonyl (C=O) groups excluding carboxylic acids is 1. The van der Waals surface area contributed by atoms with Gasteiger partial charge in [-0.2, -0.15) is 0 Å². The Balaban J connectivity index is 2.35. The first kappa shape index (κ1) is 14.0. The van der Waals surface area contributed by atoms with Gasteiger partial charge in [0.05, 0.1) is 5.41 Å². The van der Waals surface area contributed by atoms with Crippen LogP contribution in [0.4, 0.5) is 0 Å². The molecule has 0 aliphatic carbocycles. The number of ether oxygens (including phenoxy) is 2. The molecule has 1 heterocycles. The Morgan fingerprint density at radius 1 is 1.59 bits per heavy atom. The monoisotopic (exact) mass is 244 g/mol. The summed E-state index contributed by atoms with van der Waals surface area (Å²) in [6, 6.07) is 0. The van der Waals surface area contributed by atoms with Crippen molar-refractivity contribution in [3.8, 4) is 0 Å². The van der Waals surface area contributed by atoms with Crippen molar-refractivity contribution < 1.29 is 24.0 Å². The molecule has 0 spiro atoms. The van der Waals surface area contributed by atoms with Crippen molar-refractivity contribution in [2.45, 2.75) is 33.3 Å². The molecule has 0 N–H and O–H groups in total. The van der Waals surface area contributed by atoms with Gasteiger partial charge in [-0.25, -0.2) is 9.78 Å². The van der Waals surface area contributed by atoms with E-state index in [-0.39, 0.29) is 25.8 Å². The van der Waals surface area contributed by atoms with E-state index in [1.165, 1.54) is 0 Å². The minimum absolute atomic E-state index is 0.121. The maximum absolute atomic E-state index is 11.7. The Bertz CT molecular complexity index is 285. The van der Waals surface area contributed by atoms with E-state index >= 15 is 0 Å². The molecule has 1 unspecified atom stereocenters. The summed E-state index contributed by atoms with van der Waals surface area (Å²) in [5.74, 6) is 0.263. The summed E-state index contributed by atoms with van der Waals surface area (Å²) in [6.45, 7) is 9.85. The first-order chi connectivity index (χ1) is 7.95. The van der Waals surface area contributed by atoms with Crippen molar-refractivity contribution >= 4 is 5.97 Å². The SMILES string of the molecule is C=C1COOC(COC(=O)C(C)(C)CC)CO1. The Hall–Kier alpha value is -1.07. The van der Waals surface area contributed by atoms with Crippen molar-refractivity contribution in [3.05, 3.63) is 12.3 Å². The van der Waals surface area contributed by atoms with Gasteiger partial charge in [-0.05, 0) is 20.3 Å². The van der Waals surface area contributed by atoms with Gasteiger partial charge in [0.2, 0.25) is 0 Å². The zero-order valence-corrected chi connectivity index (χ0v) is 10.7. The Labute approximate surface area is 102 Å². The third kappa shape index (κ3) is 4.36. The molecule has 5 heteroatoms. The van der Waals surface area contributed by atoms with Crippen LogP contribution in [0.15, 0.2) is 12.3 Å².